The van der Waals surface area contributed by atoms with Gasteiger partial charge >= 0.3 is 0 Å². The first-order valence-electron chi connectivity index (χ1n) is 6.34. The molecule has 1 saturated heterocycles. The number of rotatable bonds is 1. The largest absolute Gasteiger partial charge is 0.379 e. The summed E-state index contributed by atoms with van der Waals surface area (Å²) in [6.07, 6.45) is 0.816. The number of fused-ring (bicyclic) bond motifs is 2. The van der Waals surface area contributed by atoms with Gasteiger partial charge in [0.25, 0.3) is 11.5 Å². The average molecular weight is 339 g/mol. The lowest BCUT2D eigenvalue weighted by molar-refractivity contribution is 0.0675. The van der Waals surface area contributed by atoms with Crippen LogP contribution in [-0.2, 0) is 11.3 Å². The van der Waals surface area contributed by atoms with Crippen molar-refractivity contribution in [1.82, 2.24) is 19.5 Å². The molecule has 0 spiro atoms. The van der Waals surface area contributed by atoms with Crippen LogP contribution in [0, 0.1) is 0 Å². The van der Waals surface area contributed by atoms with E-state index in [1.54, 1.807) is 11.0 Å². The fourth-order valence-corrected chi connectivity index (χ4v) is 3.19. The average Bonchev–Trinajstić information content (AvgIpc) is 3.10. The van der Waals surface area contributed by atoms with E-state index in [1.165, 1.54) is 4.52 Å². The first-order chi connectivity index (χ1) is 9.65. The van der Waals surface area contributed by atoms with Crippen molar-refractivity contribution in [2.24, 2.45) is 0 Å². The first-order valence-corrected chi connectivity index (χ1v) is 7.13. The van der Waals surface area contributed by atoms with Gasteiger partial charge in [-0.15, -0.1) is 0 Å². The topological polar surface area (TPSA) is 79.7 Å². The summed E-state index contributed by atoms with van der Waals surface area (Å²) in [6, 6.07) is 1.73. The van der Waals surface area contributed by atoms with Gasteiger partial charge in [0.2, 0.25) is 0 Å². The van der Waals surface area contributed by atoms with Crippen molar-refractivity contribution < 1.29 is 9.53 Å². The summed E-state index contributed by atoms with van der Waals surface area (Å²) in [5, 5.41) is 4.07. The van der Waals surface area contributed by atoms with Crippen molar-refractivity contribution in [3.63, 3.8) is 0 Å². The second-order valence-electron chi connectivity index (χ2n) is 5.00. The molecule has 1 N–H and O–H groups in total. The quantitative estimate of drug-likeness (QED) is 0.822. The summed E-state index contributed by atoms with van der Waals surface area (Å²) in [6.45, 7) is 1.52. The Morgan fingerprint density at radius 1 is 1.45 bits per heavy atom. The van der Waals surface area contributed by atoms with Crippen molar-refractivity contribution in [2.45, 2.75) is 19.0 Å². The third kappa shape index (κ3) is 1.58. The van der Waals surface area contributed by atoms with E-state index in [0.717, 1.165) is 6.42 Å². The highest BCUT2D eigenvalue weighted by atomic mass is 79.9. The molecule has 0 unspecified atom stereocenters. The summed E-state index contributed by atoms with van der Waals surface area (Å²) in [4.78, 5) is 29.6. The zero-order chi connectivity index (χ0) is 13.9. The minimum Gasteiger partial charge on any atom is -0.379 e. The fourth-order valence-electron chi connectivity index (χ4n) is 2.81. The van der Waals surface area contributed by atoms with Crippen molar-refractivity contribution in [2.75, 3.05) is 13.2 Å². The molecule has 20 heavy (non-hydrogen) atoms. The lowest BCUT2D eigenvalue weighted by Crippen LogP contribution is -2.36. The number of nitrogens with one attached hydrogen (secondary N) is 1. The van der Waals surface area contributed by atoms with Crippen LogP contribution in [0.25, 0.3) is 5.65 Å². The summed E-state index contributed by atoms with van der Waals surface area (Å²) >= 11 is 3.23. The van der Waals surface area contributed by atoms with Gasteiger partial charge in [-0.3, -0.25) is 9.59 Å². The number of hydrogen-bond acceptors (Lipinski definition) is 4. The summed E-state index contributed by atoms with van der Waals surface area (Å²) < 4.78 is 7.16. The maximum absolute atomic E-state index is 12.4. The van der Waals surface area contributed by atoms with E-state index in [0.29, 0.717) is 41.3 Å². The Bertz CT molecular complexity index is 775. The number of carbonyl (C=O) groups excluding carboxylic acids is 1. The number of nitrogens with zero attached hydrogens (tertiary/aromatic N) is 3. The lowest BCUT2D eigenvalue weighted by Gasteiger charge is -2.21. The van der Waals surface area contributed by atoms with Crippen LogP contribution in [-0.4, -0.2) is 44.7 Å². The van der Waals surface area contributed by atoms with Crippen LogP contribution in [0.15, 0.2) is 15.5 Å². The molecular weight excluding hydrogens is 328 g/mol. The number of aromatic nitrogens is 3. The van der Waals surface area contributed by atoms with Gasteiger partial charge in [0.05, 0.1) is 24.8 Å². The monoisotopic (exact) mass is 338 g/mol. The van der Waals surface area contributed by atoms with E-state index in [4.69, 9.17) is 4.74 Å². The van der Waals surface area contributed by atoms with Crippen LogP contribution < -0.4 is 5.56 Å². The molecule has 0 radical (unpaired) electrons. The fraction of sp³-hybridized carbons (Fsp3) is 0.417. The minimum atomic E-state index is -0.241. The Morgan fingerprint density at radius 3 is 3.05 bits per heavy atom. The molecule has 2 aliphatic heterocycles. The van der Waals surface area contributed by atoms with E-state index in [-0.39, 0.29) is 17.5 Å². The highest BCUT2D eigenvalue weighted by Crippen LogP contribution is 2.25. The third-order valence-corrected chi connectivity index (χ3v) is 4.22. The van der Waals surface area contributed by atoms with Crippen molar-refractivity contribution in [3.05, 3.63) is 32.3 Å². The molecule has 4 heterocycles. The van der Waals surface area contributed by atoms with Gasteiger partial charge in [0.1, 0.15) is 15.9 Å². The van der Waals surface area contributed by atoms with Gasteiger partial charge in [-0.05, 0) is 22.4 Å². The van der Waals surface area contributed by atoms with E-state index in [9.17, 15) is 9.59 Å². The number of carbonyl (C=O) groups is 1. The number of aromatic amines is 1. The molecule has 0 bridgehead atoms. The highest BCUT2D eigenvalue weighted by Gasteiger charge is 2.37. The van der Waals surface area contributed by atoms with Gasteiger partial charge in [0, 0.05) is 12.7 Å². The Balaban J connectivity index is 1.85. The second kappa shape index (κ2) is 4.16. The van der Waals surface area contributed by atoms with Gasteiger partial charge in [-0.25, -0.2) is 0 Å². The third-order valence-electron chi connectivity index (χ3n) is 3.83. The van der Waals surface area contributed by atoms with Gasteiger partial charge < -0.3 is 14.6 Å². The molecule has 1 amide bonds. The van der Waals surface area contributed by atoms with Crippen LogP contribution >= 0.6 is 15.9 Å². The molecule has 2 aliphatic rings. The Kier molecular flexibility index (Phi) is 2.52. The SMILES string of the molecule is O=C1c2[nH]c3cc(Br)nn3c(=O)c2CN1[C@@H]1CCOC1. The first kappa shape index (κ1) is 12.1. The molecule has 8 heteroatoms. The van der Waals surface area contributed by atoms with E-state index in [2.05, 4.69) is 26.0 Å². The molecule has 0 saturated carbocycles. The number of H-pyrrole nitrogens is 1. The molecule has 1 atom stereocenters. The van der Waals surface area contributed by atoms with Crippen LogP contribution in [0.3, 0.4) is 0 Å². The molecular formula is C12H11BrN4O3. The summed E-state index contributed by atoms with van der Waals surface area (Å²) in [5.74, 6) is -0.132. The molecule has 2 aromatic rings. The van der Waals surface area contributed by atoms with Gasteiger partial charge in [0.15, 0.2) is 0 Å². The maximum Gasteiger partial charge on any atom is 0.280 e. The van der Waals surface area contributed by atoms with Crippen LogP contribution in [0.2, 0.25) is 0 Å². The Morgan fingerprint density at radius 2 is 2.30 bits per heavy atom. The predicted molar refractivity (Wildman–Crippen MR) is 72.6 cm³/mol. The number of hydrogen-bond donors (Lipinski definition) is 1. The molecule has 2 aromatic heterocycles. The standard InChI is InChI=1S/C12H11BrN4O3/c13-8-3-9-14-10-7(11(18)17(9)15-8)4-16(12(10)19)6-1-2-20-5-6/h3,6,14H,1-2,4-5H2/t6-/m1/s1. The number of ether oxygens (including phenoxy) is 1. The second-order valence-corrected chi connectivity index (χ2v) is 5.81. The Labute approximate surface area is 121 Å². The van der Waals surface area contributed by atoms with Crippen LogP contribution in [0.4, 0.5) is 0 Å². The van der Waals surface area contributed by atoms with Crippen molar-refractivity contribution >= 4 is 27.5 Å². The Hall–Kier alpha value is -1.67. The number of halogens is 1. The molecule has 7 nitrogen and oxygen atoms in total. The minimum absolute atomic E-state index is 0.0572. The smallest absolute Gasteiger partial charge is 0.280 e. The highest BCUT2D eigenvalue weighted by molar-refractivity contribution is 9.10. The lowest BCUT2D eigenvalue weighted by atomic mass is 10.2. The zero-order valence-corrected chi connectivity index (χ0v) is 12.0. The molecule has 0 aromatic carbocycles. The predicted octanol–water partition coefficient (Wildman–Crippen LogP) is 0.530. The van der Waals surface area contributed by atoms with Gasteiger partial charge in [-0.2, -0.15) is 9.61 Å². The normalized spacial score (nSPS) is 21.9. The summed E-state index contributed by atoms with van der Waals surface area (Å²) in [5.41, 5.74) is 1.12. The van der Waals surface area contributed by atoms with Crippen LogP contribution in [0.1, 0.15) is 22.5 Å². The van der Waals surface area contributed by atoms with Gasteiger partial charge in [-0.1, -0.05) is 0 Å². The van der Waals surface area contributed by atoms with E-state index >= 15 is 0 Å². The molecule has 1 fully saturated rings. The number of amides is 1. The van der Waals surface area contributed by atoms with Crippen molar-refractivity contribution in [3.8, 4) is 0 Å². The zero-order valence-electron chi connectivity index (χ0n) is 10.4. The summed E-state index contributed by atoms with van der Waals surface area (Å²) in [7, 11) is 0. The van der Waals surface area contributed by atoms with Crippen LogP contribution in [0.5, 0.6) is 0 Å². The molecule has 4 rings (SSSR count). The maximum atomic E-state index is 12.4. The molecule has 104 valence electrons. The molecule has 0 aliphatic carbocycles. The van der Waals surface area contributed by atoms with E-state index in [1.807, 2.05) is 0 Å². The van der Waals surface area contributed by atoms with E-state index < -0.39 is 0 Å². The van der Waals surface area contributed by atoms with Crippen molar-refractivity contribution in [1.29, 1.82) is 0 Å².